The van der Waals surface area contributed by atoms with Crippen LogP contribution in [0.4, 0.5) is 0 Å². The summed E-state index contributed by atoms with van der Waals surface area (Å²) in [4.78, 5) is 37.9. The fourth-order valence-corrected chi connectivity index (χ4v) is 3.21. The van der Waals surface area contributed by atoms with Crippen molar-refractivity contribution >= 4 is 17.5 Å². The molecule has 0 amide bonds. The quantitative estimate of drug-likeness (QED) is 0.534. The van der Waals surface area contributed by atoms with Gasteiger partial charge in [-0.3, -0.25) is 9.59 Å². The van der Waals surface area contributed by atoms with E-state index in [1.807, 2.05) is 18.2 Å². The van der Waals surface area contributed by atoms with Crippen LogP contribution in [0.3, 0.4) is 0 Å². The van der Waals surface area contributed by atoms with Crippen molar-refractivity contribution < 1.29 is 29.3 Å². The summed E-state index contributed by atoms with van der Waals surface area (Å²) in [6.45, 7) is 0.0289. The molecule has 4 rings (SSSR count). The number of phenolic OH excluding ortho intramolecular Hbond substituents is 2. The minimum Gasteiger partial charge on any atom is -0.507 e. The Morgan fingerprint density at radius 3 is 2.25 bits per heavy atom. The zero-order valence-corrected chi connectivity index (χ0v) is 14.5. The van der Waals surface area contributed by atoms with Gasteiger partial charge in [-0.25, -0.2) is 4.79 Å². The largest absolute Gasteiger partial charge is 0.507 e. The molecule has 0 unspecified atom stereocenters. The smallest absolute Gasteiger partial charge is 0.338 e. The van der Waals surface area contributed by atoms with Crippen molar-refractivity contribution in [3.8, 4) is 11.5 Å². The molecule has 0 bridgehead atoms. The van der Waals surface area contributed by atoms with Crippen molar-refractivity contribution in [3.05, 3.63) is 94.0 Å². The third-order valence-electron chi connectivity index (χ3n) is 4.55. The van der Waals surface area contributed by atoms with Crippen LogP contribution in [0.25, 0.3) is 0 Å². The molecule has 0 saturated heterocycles. The van der Waals surface area contributed by atoms with Gasteiger partial charge in [-0.2, -0.15) is 0 Å². The van der Waals surface area contributed by atoms with E-state index in [2.05, 4.69) is 0 Å². The summed E-state index contributed by atoms with van der Waals surface area (Å²) in [6, 6.07) is 15.5. The monoisotopic (exact) mass is 374 g/mol. The van der Waals surface area contributed by atoms with E-state index < -0.39 is 23.3 Å². The standard InChI is InChI=1S/C22H14O6/c23-16-8-4-7-14-18(16)21(26)19-15(20(14)25)9-13(10-17(19)24)22(27)28-11-12-5-2-1-3-6-12/h1-10,23-24H,11H2. The van der Waals surface area contributed by atoms with Crippen LogP contribution in [0.1, 0.15) is 47.8 Å². The van der Waals surface area contributed by atoms with Gasteiger partial charge in [-0.05, 0) is 23.8 Å². The molecular weight excluding hydrogens is 360 g/mol. The lowest BCUT2D eigenvalue weighted by Gasteiger charge is -2.19. The molecule has 0 atom stereocenters. The Morgan fingerprint density at radius 2 is 1.50 bits per heavy atom. The molecule has 0 aliphatic heterocycles. The molecule has 1 aliphatic carbocycles. The molecule has 0 radical (unpaired) electrons. The topological polar surface area (TPSA) is 101 Å². The average Bonchev–Trinajstić information content (AvgIpc) is 2.70. The number of carbonyl (C=O) groups is 3. The number of ether oxygens (including phenoxy) is 1. The molecule has 1 aliphatic rings. The summed E-state index contributed by atoms with van der Waals surface area (Å²) in [5.74, 6) is -2.83. The molecule has 138 valence electrons. The molecule has 28 heavy (non-hydrogen) atoms. The summed E-state index contributed by atoms with van der Waals surface area (Å²) < 4.78 is 5.22. The third kappa shape index (κ3) is 2.81. The summed E-state index contributed by atoms with van der Waals surface area (Å²) >= 11 is 0. The van der Waals surface area contributed by atoms with Crippen molar-refractivity contribution in [3.63, 3.8) is 0 Å². The third-order valence-corrected chi connectivity index (χ3v) is 4.55. The molecule has 2 N–H and O–H groups in total. The molecule has 0 spiro atoms. The van der Waals surface area contributed by atoms with E-state index in [1.54, 1.807) is 12.1 Å². The first-order valence-corrected chi connectivity index (χ1v) is 8.47. The molecule has 0 saturated carbocycles. The van der Waals surface area contributed by atoms with Crippen LogP contribution in [0.2, 0.25) is 0 Å². The van der Waals surface area contributed by atoms with Gasteiger partial charge in [0.15, 0.2) is 5.78 Å². The van der Waals surface area contributed by atoms with Gasteiger partial charge in [-0.1, -0.05) is 42.5 Å². The van der Waals surface area contributed by atoms with Gasteiger partial charge in [-0.15, -0.1) is 0 Å². The van der Waals surface area contributed by atoms with Crippen molar-refractivity contribution in [2.24, 2.45) is 0 Å². The van der Waals surface area contributed by atoms with E-state index in [9.17, 15) is 24.6 Å². The molecule has 6 heteroatoms. The number of rotatable bonds is 3. The Bertz CT molecular complexity index is 1130. The number of carbonyl (C=O) groups excluding carboxylic acids is 3. The molecule has 0 aromatic heterocycles. The first kappa shape index (κ1) is 17.5. The van der Waals surface area contributed by atoms with Gasteiger partial charge >= 0.3 is 5.97 Å². The molecule has 3 aromatic rings. The molecular formula is C22H14O6. The second-order valence-electron chi connectivity index (χ2n) is 6.34. The number of benzene rings is 3. The molecule has 3 aromatic carbocycles. The van der Waals surface area contributed by atoms with Crippen molar-refractivity contribution in [2.45, 2.75) is 6.61 Å². The minimum absolute atomic E-state index is 0.0201. The number of hydrogen-bond acceptors (Lipinski definition) is 6. The minimum atomic E-state index is -0.732. The average molecular weight is 374 g/mol. The predicted molar refractivity (Wildman–Crippen MR) is 98.6 cm³/mol. The zero-order chi connectivity index (χ0) is 19.8. The number of aromatic hydroxyl groups is 2. The number of ketones is 2. The van der Waals surface area contributed by atoms with E-state index in [4.69, 9.17) is 4.74 Å². The molecule has 6 nitrogen and oxygen atoms in total. The Hall–Kier alpha value is -3.93. The number of phenols is 2. The Morgan fingerprint density at radius 1 is 0.786 bits per heavy atom. The first-order chi connectivity index (χ1) is 13.5. The maximum atomic E-state index is 12.8. The van der Waals surface area contributed by atoms with E-state index >= 15 is 0 Å². The Balaban J connectivity index is 1.70. The van der Waals surface area contributed by atoms with E-state index in [1.165, 1.54) is 24.3 Å². The summed E-state index contributed by atoms with van der Waals surface area (Å²) in [5.41, 5.74) is 0.264. The van der Waals surface area contributed by atoms with Gasteiger partial charge in [0.2, 0.25) is 5.78 Å². The van der Waals surface area contributed by atoms with Gasteiger partial charge in [0.1, 0.15) is 18.1 Å². The highest BCUT2D eigenvalue weighted by Gasteiger charge is 2.35. The summed E-state index contributed by atoms with van der Waals surface area (Å²) in [7, 11) is 0. The fourth-order valence-electron chi connectivity index (χ4n) is 3.21. The van der Waals surface area contributed by atoms with Crippen LogP contribution >= 0.6 is 0 Å². The molecule has 0 fully saturated rings. The van der Waals surface area contributed by atoms with Gasteiger partial charge in [0.25, 0.3) is 0 Å². The van der Waals surface area contributed by atoms with Gasteiger partial charge in [0.05, 0.1) is 16.7 Å². The zero-order valence-electron chi connectivity index (χ0n) is 14.5. The SMILES string of the molecule is O=C(OCc1ccccc1)c1cc(O)c2c(c1)C(=O)c1cccc(O)c1C2=O. The highest BCUT2D eigenvalue weighted by atomic mass is 16.5. The van der Waals surface area contributed by atoms with Crippen LogP contribution in [-0.2, 0) is 11.3 Å². The second-order valence-corrected chi connectivity index (χ2v) is 6.34. The highest BCUT2D eigenvalue weighted by molar-refractivity contribution is 6.30. The predicted octanol–water partition coefficient (Wildman–Crippen LogP) is 3.23. The second kappa shape index (κ2) is 6.66. The van der Waals surface area contributed by atoms with Crippen LogP contribution in [0.5, 0.6) is 11.5 Å². The maximum Gasteiger partial charge on any atom is 0.338 e. The fraction of sp³-hybridized carbons (Fsp3) is 0.0455. The van der Waals surface area contributed by atoms with Crippen LogP contribution in [0, 0.1) is 0 Å². The van der Waals surface area contributed by atoms with Crippen LogP contribution in [0.15, 0.2) is 60.7 Å². The molecule has 0 heterocycles. The number of esters is 1. The summed E-state index contributed by atoms with van der Waals surface area (Å²) in [5, 5.41) is 20.3. The van der Waals surface area contributed by atoms with Crippen LogP contribution in [-0.4, -0.2) is 27.7 Å². The van der Waals surface area contributed by atoms with Gasteiger partial charge < -0.3 is 14.9 Å². The first-order valence-electron chi connectivity index (χ1n) is 8.47. The lowest BCUT2D eigenvalue weighted by molar-refractivity contribution is 0.0472. The Kier molecular flexibility index (Phi) is 4.16. The van der Waals surface area contributed by atoms with Gasteiger partial charge in [0, 0.05) is 11.1 Å². The van der Waals surface area contributed by atoms with E-state index in [-0.39, 0.29) is 40.2 Å². The number of hydrogen-bond donors (Lipinski definition) is 2. The summed E-state index contributed by atoms with van der Waals surface area (Å²) in [6.07, 6.45) is 0. The van der Waals surface area contributed by atoms with Crippen LogP contribution < -0.4 is 0 Å². The van der Waals surface area contributed by atoms with Crippen molar-refractivity contribution in [1.29, 1.82) is 0 Å². The highest BCUT2D eigenvalue weighted by Crippen LogP contribution is 2.37. The Labute approximate surface area is 159 Å². The number of fused-ring (bicyclic) bond motifs is 2. The normalized spacial score (nSPS) is 12.3. The maximum absolute atomic E-state index is 12.8. The van der Waals surface area contributed by atoms with Crippen molar-refractivity contribution in [1.82, 2.24) is 0 Å². The lowest BCUT2D eigenvalue weighted by Crippen LogP contribution is -2.22. The van der Waals surface area contributed by atoms with Crippen molar-refractivity contribution in [2.75, 3.05) is 0 Å². The van der Waals surface area contributed by atoms with E-state index in [0.717, 1.165) is 11.6 Å². The lowest BCUT2D eigenvalue weighted by atomic mass is 9.82. The van der Waals surface area contributed by atoms with E-state index in [0.29, 0.717) is 0 Å².